The number of ether oxygens (including phenoxy) is 1. The van der Waals surface area contributed by atoms with Gasteiger partial charge in [-0.15, -0.1) is 0 Å². The van der Waals surface area contributed by atoms with Crippen LogP contribution in [-0.2, 0) is 10.2 Å². The van der Waals surface area contributed by atoms with E-state index in [2.05, 4.69) is 42.0 Å². The van der Waals surface area contributed by atoms with E-state index < -0.39 is 5.91 Å². The molecule has 0 atom stereocenters. The molecule has 3 aromatic carbocycles. The van der Waals surface area contributed by atoms with Crippen LogP contribution in [0.5, 0.6) is 5.75 Å². The molecule has 0 spiro atoms. The van der Waals surface area contributed by atoms with Crippen molar-refractivity contribution in [1.29, 1.82) is 0 Å². The molecular formula is C28H25BrClNO4. The number of rotatable bonds is 5. The van der Waals surface area contributed by atoms with E-state index in [0.29, 0.717) is 27.2 Å². The Morgan fingerprint density at radius 3 is 2.34 bits per heavy atom. The molecule has 0 fully saturated rings. The van der Waals surface area contributed by atoms with Crippen LogP contribution < -0.4 is 15.5 Å². The van der Waals surface area contributed by atoms with E-state index in [9.17, 15) is 9.59 Å². The smallest absolute Gasteiger partial charge is 0.262 e. The van der Waals surface area contributed by atoms with E-state index in [1.54, 1.807) is 24.3 Å². The van der Waals surface area contributed by atoms with E-state index in [0.717, 1.165) is 15.6 Å². The van der Waals surface area contributed by atoms with Crippen LogP contribution in [-0.4, -0.2) is 12.5 Å². The van der Waals surface area contributed by atoms with Crippen molar-refractivity contribution < 1.29 is 13.9 Å². The molecule has 4 aromatic rings. The van der Waals surface area contributed by atoms with Gasteiger partial charge in [0.05, 0.1) is 5.39 Å². The molecule has 180 valence electrons. The number of nitrogens with one attached hydrogen (secondary N) is 1. The Morgan fingerprint density at radius 1 is 1.06 bits per heavy atom. The number of carbonyl (C=O) groups excluding carboxylic acids is 1. The molecule has 1 N–H and O–H groups in total. The van der Waals surface area contributed by atoms with Crippen molar-refractivity contribution in [1.82, 2.24) is 0 Å². The summed E-state index contributed by atoms with van der Waals surface area (Å²) < 4.78 is 12.8. The Labute approximate surface area is 217 Å². The molecule has 0 aliphatic carbocycles. The van der Waals surface area contributed by atoms with Gasteiger partial charge in [-0.3, -0.25) is 9.59 Å². The Bertz CT molecular complexity index is 1450. The Hall–Kier alpha value is -3.09. The molecule has 7 heteroatoms. The SMILES string of the molecule is Cc1cc2oc(-c3ccc(C(C)(C)C)cc3)c(OCC(=O)Nc3ccc(Br)cc3)c(=O)c2cc1Cl. The lowest BCUT2D eigenvalue weighted by molar-refractivity contribution is -0.118. The van der Waals surface area contributed by atoms with Gasteiger partial charge in [0.25, 0.3) is 5.91 Å². The van der Waals surface area contributed by atoms with Gasteiger partial charge in [0, 0.05) is 20.7 Å². The fourth-order valence-electron chi connectivity index (χ4n) is 3.61. The van der Waals surface area contributed by atoms with Gasteiger partial charge in [-0.25, -0.2) is 0 Å². The Balaban J connectivity index is 1.73. The first-order valence-electron chi connectivity index (χ1n) is 11.1. The molecule has 0 aliphatic rings. The molecule has 1 amide bonds. The molecule has 1 aromatic heterocycles. The topological polar surface area (TPSA) is 68.5 Å². The van der Waals surface area contributed by atoms with Gasteiger partial charge in [-0.1, -0.05) is 72.6 Å². The number of aryl methyl sites for hydroxylation is 1. The lowest BCUT2D eigenvalue weighted by Crippen LogP contribution is -2.22. The average Bonchev–Trinajstić information content (AvgIpc) is 2.81. The predicted octanol–water partition coefficient (Wildman–Crippen LogP) is 7.50. The lowest BCUT2D eigenvalue weighted by atomic mass is 9.86. The van der Waals surface area contributed by atoms with Crippen LogP contribution >= 0.6 is 27.5 Å². The van der Waals surface area contributed by atoms with E-state index in [-0.39, 0.29) is 29.0 Å². The largest absolute Gasteiger partial charge is 0.476 e. The third-order valence-electron chi connectivity index (χ3n) is 5.62. The summed E-state index contributed by atoms with van der Waals surface area (Å²) in [5.41, 5.74) is 3.21. The molecule has 0 bridgehead atoms. The van der Waals surface area contributed by atoms with Gasteiger partial charge < -0.3 is 14.5 Å². The molecule has 0 unspecified atom stereocenters. The van der Waals surface area contributed by atoms with Gasteiger partial charge in [0.1, 0.15) is 5.58 Å². The summed E-state index contributed by atoms with van der Waals surface area (Å²) in [5, 5.41) is 3.50. The standard InChI is InChI=1S/C28H25BrClNO4/c1-16-13-23-21(14-22(16)30)25(33)27(34-15-24(32)31-20-11-9-19(29)10-12-20)26(35-23)17-5-7-18(8-6-17)28(2,3)4/h5-14H,15H2,1-4H3,(H,31,32). The number of benzene rings is 3. The molecule has 0 aliphatic heterocycles. The Kier molecular flexibility index (Phi) is 7.06. The highest BCUT2D eigenvalue weighted by Crippen LogP contribution is 2.34. The maximum absolute atomic E-state index is 13.4. The van der Waals surface area contributed by atoms with Crippen LogP contribution in [0.15, 0.2) is 74.3 Å². The first-order valence-corrected chi connectivity index (χ1v) is 12.3. The highest BCUT2D eigenvalue weighted by molar-refractivity contribution is 9.10. The van der Waals surface area contributed by atoms with E-state index >= 15 is 0 Å². The molecule has 1 heterocycles. The van der Waals surface area contributed by atoms with Gasteiger partial charge in [0.2, 0.25) is 11.2 Å². The van der Waals surface area contributed by atoms with Crippen LogP contribution in [0.3, 0.4) is 0 Å². The fourth-order valence-corrected chi connectivity index (χ4v) is 4.04. The van der Waals surface area contributed by atoms with Gasteiger partial charge in [-0.05, 0) is 59.9 Å². The minimum absolute atomic E-state index is 0.0267. The summed E-state index contributed by atoms with van der Waals surface area (Å²) in [6.45, 7) is 7.87. The number of carbonyl (C=O) groups is 1. The zero-order valence-electron chi connectivity index (χ0n) is 19.9. The highest BCUT2D eigenvalue weighted by Gasteiger charge is 2.21. The van der Waals surface area contributed by atoms with E-state index in [1.165, 1.54) is 0 Å². The van der Waals surface area contributed by atoms with Crippen molar-refractivity contribution in [3.05, 3.63) is 91.5 Å². The van der Waals surface area contributed by atoms with Crippen LogP contribution in [0.1, 0.15) is 31.9 Å². The molecular weight excluding hydrogens is 530 g/mol. The number of hydrogen-bond acceptors (Lipinski definition) is 4. The van der Waals surface area contributed by atoms with Crippen LogP contribution in [0.4, 0.5) is 5.69 Å². The summed E-state index contributed by atoms with van der Waals surface area (Å²) in [6.07, 6.45) is 0. The number of halogens is 2. The summed E-state index contributed by atoms with van der Waals surface area (Å²) in [6, 6.07) is 18.2. The molecule has 0 saturated carbocycles. The Morgan fingerprint density at radius 2 is 1.71 bits per heavy atom. The summed E-state index contributed by atoms with van der Waals surface area (Å²) in [5.74, 6) is -0.171. The number of amides is 1. The molecule has 5 nitrogen and oxygen atoms in total. The third-order valence-corrected chi connectivity index (χ3v) is 6.55. The predicted molar refractivity (Wildman–Crippen MR) is 145 cm³/mol. The fraction of sp³-hybridized carbons (Fsp3) is 0.214. The van der Waals surface area contributed by atoms with Crippen molar-refractivity contribution in [3.8, 4) is 17.1 Å². The summed E-state index contributed by atoms with van der Waals surface area (Å²) in [7, 11) is 0. The maximum Gasteiger partial charge on any atom is 0.262 e. The summed E-state index contributed by atoms with van der Waals surface area (Å²) >= 11 is 9.63. The normalized spacial score (nSPS) is 11.5. The van der Waals surface area contributed by atoms with Crippen molar-refractivity contribution in [2.75, 3.05) is 11.9 Å². The van der Waals surface area contributed by atoms with Crippen LogP contribution in [0, 0.1) is 6.92 Å². The zero-order chi connectivity index (χ0) is 25.3. The maximum atomic E-state index is 13.4. The monoisotopic (exact) mass is 553 g/mol. The van der Waals surface area contributed by atoms with E-state index in [1.807, 2.05) is 43.3 Å². The number of hydrogen-bond donors (Lipinski definition) is 1. The zero-order valence-corrected chi connectivity index (χ0v) is 22.2. The van der Waals surface area contributed by atoms with Crippen LogP contribution in [0.25, 0.3) is 22.3 Å². The first-order chi connectivity index (χ1) is 16.5. The molecule has 4 rings (SSSR count). The number of anilines is 1. The van der Waals surface area contributed by atoms with Gasteiger partial charge >= 0.3 is 0 Å². The van der Waals surface area contributed by atoms with Gasteiger partial charge in [0.15, 0.2) is 12.4 Å². The molecule has 0 saturated heterocycles. The second kappa shape index (κ2) is 9.88. The highest BCUT2D eigenvalue weighted by atomic mass is 79.9. The minimum Gasteiger partial charge on any atom is -0.476 e. The quantitative estimate of drug-likeness (QED) is 0.277. The van der Waals surface area contributed by atoms with Gasteiger partial charge in [-0.2, -0.15) is 0 Å². The second-order valence-electron chi connectivity index (χ2n) is 9.36. The minimum atomic E-state index is -0.400. The number of fused-ring (bicyclic) bond motifs is 1. The summed E-state index contributed by atoms with van der Waals surface area (Å²) in [4.78, 5) is 26.0. The second-order valence-corrected chi connectivity index (χ2v) is 10.7. The molecule has 0 radical (unpaired) electrons. The lowest BCUT2D eigenvalue weighted by Gasteiger charge is -2.19. The van der Waals surface area contributed by atoms with E-state index in [4.69, 9.17) is 20.8 Å². The van der Waals surface area contributed by atoms with Crippen LogP contribution in [0.2, 0.25) is 5.02 Å². The average molecular weight is 555 g/mol. The molecule has 35 heavy (non-hydrogen) atoms. The van der Waals surface area contributed by atoms with Crippen molar-refractivity contribution in [2.24, 2.45) is 0 Å². The third kappa shape index (κ3) is 5.60. The van der Waals surface area contributed by atoms with Crippen molar-refractivity contribution in [3.63, 3.8) is 0 Å². The van der Waals surface area contributed by atoms with Crippen molar-refractivity contribution >= 4 is 50.1 Å². The first kappa shape index (κ1) is 25.0. The van der Waals surface area contributed by atoms with Crippen molar-refractivity contribution in [2.45, 2.75) is 33.1 Å².